The SMILES string of the molecule is Nc1cc(Br)cc(-c2nnnn2CC(F)(F)C(F)F)c1. The van der Waals surface area contributed by atoms with E-state index in [-0.39, 0.29) is 5.82 Å². The monoisotopic (exact) mass is 353 g/mol. The zero-order chi connectivity index (χ0) is 14.9. The molecule has 108 valence electrons. The van der Waals surface area contributed by atoms with Gasteiger partial charge in [-0.05, 0) is 28.6 Å². The summed E-state index contributed by atoms with van der Waals surface area (Å²) < 4.78 is 51.7. The lowest BCUT2D eigenvalue weighted by molar-refractivity contribution is -0.139. The molecule has 1 aromatic heterocycles. The van der Waals surface area contributed by atoms with Gasteiger partial charge in [0.25, 0.3) is 0 Å². The van der Waals surface area contributed by atoms with E-state index in [1.54, 1.807) is 12.1 Å². The Morgan fingerprint density at radius 3 is 2.60 bits per heavy atom. The molecule has 0 aliphatic heterocycles. The van der Waals surface area contributed by atoms with Gasteiger partial charge >= 0.3 is 12.3 Å². The number of hydrogen-bond donors (Lipinski definition) is 1. The maximum absolute atomic E-state index is 13.1. The Labute approximate surface area is 118 Å². The van der Waals surface area contributed by atoms with Gasteiger partial charge in [0.05, 0.1) is 0 Å². The summed E-state index contributed by atoms with van der Waals surface area (Å²) in [5.74, 6) is -4.29. The molecule has 10 heteroatoms. The van der Waals surface area contributed by atoms with E-state index in [0.717, 1.165) is 0 Å². The van der Waals surface area contributed by atoms with E-state index in [1.165, 1.54) is 6.07 Å². The lowest BCUT2D eigenvalue weighted by atomic mass is 10.2. The Kier molecular flexibility index (Phi) is 3.93. The summed E-state index contributed by atoms with van der Waals surface area (Å²) in [6.07, 6.45) is -3.80. The van der Waals surface area contributed by atoms with Crippen molar-refractivity contribution in [1.82, 2.24) is 20.2 Å². The molecule has 0 amide bonds. The van der Waals surface area contributed by atoms with Gasteiger partial charge in [-0.15, -0.1) is 5.10 Å². The average molecular weight is 354 g/mol. The molecular weight excluding hydrogens is 346 g/mol. The maximum atomic E-state index is 13.1. The molecule has 2 rings (SSSR count). The molecule has 0 bridgehead atoms. The van der Waals surface area contributed by atoms with Crippen LogP contribution in [0, 0.1) is 0 Å². The number of nitrogens with two attached hydrogens (primary N) is 1. The fraction of sp³-hybridized carbons (Fsp3) is 0.300. The zero-order valence-corrected chi connectivity index (χ0v) is 11.4. The van der Waals surface area contributed by atoms with E-state index in [9.17, 15) is 17.6 Å². The van der Waals surface area contributed by atoms with Crippen LogP contribution >= 0.6 is 15.9 Å². The molecule has 1 aromatic carbocycles. The number of rotatable bonds is 4. The van der Waals surface area contributed by atoms with Crippen molar-refractivity contribution in [2.24, 2.45) is 0 Å². The first-order valence-corrected chi connectivity index (χ1v) is 6.07. The van der Waals surface area contributed by atoms with Gasteiger partial charge in [-0.25, -0.2) is 13.5 Å². The van der Waals surface area contributed by atoms with Gasteiger partial charge in [-0.3, -0.25) is 0 Å². The Balaban J connectivity index is 2.38. The van der Waals surface area contributed by atoms with E-state index in [4.69, 9.17) is 5.73 Å². The van der Waals surface area contributed by atoms with E-state index >= 15 is 0 Å². The average Bonchev–Trinajstić information content (AvgIpc) is 2.74. The van der Waals surface area contributed by atoms with Crippen LogP contribution in [-0.2, 0) is 6.54 Å². The number of hydrogen-bond acceptors (Lipinski definition) is 4. The van der Waals surface area contributed by atoms with Crippen molar-refractivity contribution in [3.63, 3.8) is 0 Å². The molecule has 0 aliphatic rings. The number of tetrazole rings is 1. The van der Waals surface area contributed by atoms with Crippen LogP contribution in [0.2, 0.25) is 0 Å². The highest BCUT2D eigenvalue weighted by Gasteiger charge is 2.42. The fourth-order valence-corrected chi connectivity index (χ4v) is 2.04. The van der Waals surface area contributed by atoms with Crippen LogP contribution < -0.4 is 5.73 Å². The van der Waals surface area contributed by atoms with Crippen molar-refractivity contribution in [1.29, 1.82) is 0 Å². The highest BCUT2D eigenvalue weighted by atomic mass is 79.9. The minimum atomic E-state index is -4.22. The summed E-state index contributed by atoms with van der Waals surface area (Å²) in [5.41, 5.74) is 6.31. The molecule has 0 saturated carbocycles. The summed E-state index contributed by atoms with van der Waals surface area (Å²) in [6.45, 7) is -1.32. The van der Waals surface area contributed by atoms with Gasteiger partial charge in [-0.1, -0.05) is 15.9 Å². The van der Waals surface area contributed by atoms with Crippen LogP contribution in [0.3, 0.4) is 0 Å². The molecule has 0 fully saturated rings. The van der Waals surface area contributed by atoms with Crippen molar-refractivity contribution in [2.45, 2.75) is 18.9 Å². The molecule has 0 spiro atoms. The predicted octanol–water partition coefficient (Wildman–Crippen LogP) is 2.59. The van der Waals surface area contributed by atoms with Gasteiger partial charge in [0, 0.05) is 15.7 Å². The highest BCUT2D eigenvalue weighted by Crippen LogP contribution is 2.28. The first-order valence-electron chi connectivity index (χ1n) is 5.28. The lowest BCUT2D eigenvalue weighted by Gasteiger charge is -2.15. The molecule has 2 aromatic rings. The first-order chi connectivity index (χ1) is 9.29. The second-order valence-corrected chi connectivity index (χ2v) is 4.91. The van der Waals surface area contributed by atoms with Crippen LogP contribution in [0.25, 0.3) is 11.4 Å². The van der Waals surface area contributed by atoms with Crippen molar-refractivity contribution in [2.75, 3.05) is 5.73 Å². The van der Waals surface area contributed by atoms with Crippen molar-refractivity contribution < 1.29 is 17.6 Å². The number of nitrogen functional groups attached to an aromatic ring is 1. The summed E-state index contributed by atoms with van der Waals surface area (Å²) in [5, 5.41) is 10.1. The number of aromatic nitrogens is 4. The molecule has 0 atom stereocenters. The van der Waals surface area contributed by atoms with Gasteiger partial charge in [0.1, 0.15) is 6.54 Å². The molecular formula is C10H8BrF4N5. The summed E-state index contributed by atoms with van der Waals surface area (Å²) in [7, 11) is 0. The molecule has 0 aliphatic carbocycles. The summed E-state index contributed by atoms with van der Waals surface area (Å²) in [6, 6.07) is 4.58. The third-order valence-electron chi connectivity index (χ3n) is 2.39. The van der Waals surface area contributed by atoms with E-state index in [2.05, 4.69) is 31.5 Å². The van der Waals surface area contributed by atoms with E-state index in [1.807, 2.05) is 0 Å². The van der Waals surface area contributed by atoms with Crippen LogP contribution in [-0.4, -0.2) is 32.6 Å². The topological polar surface area (TPSA) is 69.6 Å². The molecule has 2 N–H and O–H groups in total. The zero-order valence-electron chi connectivity index (χ0n) is 9.77. The number of nitrogens with zero attached hydrogens (tertiary/aromatic N) is 4. The maximum Gasteiger partial charge on any atom is 0.326 e. The number of halogens is 5. The van der Waals surface area contributed by atoms with Gasteiger partial charge in [-0.2, -0.15) is 8.78 Å². The standard InChI is InChI=1S/C10H8BrF4N5/c11-6-1-5(2-7(16)3-6)8-17-18-19-20(8)4-10(14,15)9(12)13/h1-3,9H,4,16H2. The first kappa shape index (κ1) is 14.7. The smallest absolute Gasteiger partial charge is 0.326 e. The molecule has 0 unspecified atom stereocenters. The minimum Gasteiger partial charge on any atom is -0.399 e. The van der Waals surface area contributed by atoms with Gasteiger partial charge in [0.2, 0.25) is 0 Å². The predicted molar refractivity (Wildman–Crippen MR) is 66.3 cm³/mol. The van der Waals surface area contributed by atoms with Crippen LogP contribution in [0.5, 0.6) is 0 Å². The number of benzene rings is 1. The van der Waals surface area contributed by atoms with E-state index in [0.29, 0.717) is 20.4 Å². The Bertz CT molecular complexity index is 595. The fourth-order valence-electron chi connectivity index (χ4n) is 1.53. The third kappa shape index (κ3) is 3.06. The molecule has 0 radical (unpaired) electrons. The quantitative estimate of drug-likeness (QED) is 0.677. The number of anilines is 1. The summed E-state index contributed by atoms with van der Waals surface area (Å²) >= 11 is 3.18. The molecule has 0 saturated heterocycles. The van der Waals surface area contributed by atoms with Crippen molar-refractivity contribution in [3.8, 4) is 11.4 Å². The van der Waals surface area contributed by atoms with Crippen LogP contribution in [0.15, 0.2) is 22.7 Å². The van der Waals surface area contributed by atoms with Gasteiger partial charge < -0.3 is 5.73 Å². The third-order valence-corrected chi connectivity index (χ3v) is 2.85. The highest BCUT2D eigenvalue weighted by molar-refractivity contribution is 9.10. The molecule has 20 heavy (non-hydrogen) atoms. The Morgan fingerprint density at radius 1 is 1.30 bits per heavy atom. The Morgan fingerprint density at radius 2 is 2.00 bits per heavy atom. The molecule has 1 heterocycles. The summed E-state index contributed by atoms with van der Waals surface area (Å²) in [4.78, 5) is 0. The Hall–Kier alpha value is -1.71. The molecule has 5 nitrogen and oxygen atoms in total. The largest absolute Gasteiger partial charge is 0.399 e. The van der Waals surface area contributed by atoms with Crippen LogP contribution in [0.1, 0.15) is 0 Å². The van der Waals surface area contributed by atoms with Crippen molar-refractivity contribution in [3.05, 3.63) is 22.7 Å². The number of alkyl halides is 4. The van der Waals surface area contributed by atoms with Gasteiger partial charge in [0.15, 0.2) is 5.82 Å². The second kappa shape index (κ2) is 5.35. The normalized spacial score (nSPS) is 12.1. The van der Waals surface area contributed by atoms with Crippen molar-refractivity contribution >= 4 is 21.6 Å². The van der Waals surface area contributed by atoms with Crippen LogP contribution in [0.4, 0.5) is 23.2 Å². The lowest BCUT2D eigenvalue weighted by Crippen LogP contribution is -2.32. The van der Waals surface area contributed by atoms with E-state index < -0.39 is 18.9 Å². The minimum absolute atomic E-state index is 0.0710. The second-order valence-electron chi connectivity index (χ2n) is 4.00.